The molecule has 116 valence electrons. The largest absolute Gasteiger partial charge is 0.392 e. The van der Waals surface area contributed by atoms with Crippen LogP contribution < -0.4 is 10.6 Å². The van der Waals surface area contributed by atoms with Gasteiger partial charge in [-0.05, 0) is 24.1 Å². The van der Waals surface area contributed by atoms with Crippen LogP contribution in [-0.4, -0.2) is 36.8 Å². The van der Waals surface area contributed by atoms with E-state index in [1.165, 1.54) is 0 Å². The molecule has 2 atom stereocenters. The molecule has 1 aliphatic rings. The van der Waals surface area contributed by atoms with E-state index in [2.05, 4.69) is 17.6 Å². The third kappa shape index (κ3) is 4.52. The highest BCUT2D eigenvalue weighted by molar-refractivity contribution is 5.79. The Bertz CT molecular complexity index is 465. The number of hydrogen-bond acceptors (Lipinski definition) is 4. The van der Waals surface area contributed by atoms with E-state index in [0.29, 0.717) is 19.8 Å². The highest BCUT2D eigenvalue weighted by Crippen LogP contribution is 2.14. The number of ether oxygens (including phenoxy) is 1. The summed E-state index contributed by atoms with van der Waals surface area (Å²) in [4.78, 5) is 12.3. The first-order valence-corrected chi connectivity index (χ1v) is 7.52. The summed E-state index contributed by atoms with van der Waals surface area (Å²) in [5.74, 6) is -0.104. The van der Waals surface area contributed by atoms with Gasteiger partial charge in [-0.3, -0.25) is 4.79 Å². The van der Waals surface area contributed by atoms with Gasteiger partial charge in [0.2, 0.25) is 5.91 Å². The average molecular weight is 292 g/mol. The fourth-order valence-corrected chi connectivity index (χ4v) is 2.50. The molecule has 0 spiro atoms. The average Bonchev–Trinajstić information content (AvgIpc) is 2.99. The maximum Gasteiger partial charge on any atom is 0.227 e. The lowest BCUT2D eigenvalue weighted by molar-refractivity contribution is -0.125. The van der Waals surface area contributed by atoms with Gasteiger partial charge >= 0.3 is 0 Å². The molecule has 3 N–H and O–H groups in total. The second kappa shape index (κ2) is 8.12. The molecular formula is C16H24N2O3. The zero-order chi connectivity index (χ0) is 15.1. The molecule has 0 aliphatic carbocycles. The summed E-state index contributed by atoms with van der Waals surface area (Å²) < 4.78 is 5.42. The molecule has 1 heterocycles. The Hall–Kier alpha value is -1.43. The minimum absolute atomic E-state index is 0.0151. The molecule has 21 heavy (non-hydrogen) atoms. The maximum atomic E-state index is 12.3. The molecule has 5 heteroatoms. The maximum absolute atomic E-state index is 12.3. The van der Waals surface area contributed by atoms with Gasteiger partial charge < -0.3 is 20.5 Å². The van der Waals surface area contributed by atoms with Crippen LogP contribution in [0.15, 0.2) is 24.3 Å². The van der Waals surface area contributed by atoms with Crippen molar-refractivity contribution in [3.05, 3.63) is 35.4 Å². The van der Waals surface area contributed by atoms with E-state index in [9.17, 15) is 4.79 Å². The Kier molecular flexibility index (Phi) is 6.17. The van der Waals surface area contributed by atoms with Gasteiger partial charge in [-0.15, -0.1) is 0 Å². The van der Waals surface area contributed by atoms with Crippen molar-refractivity contribution in [3.8, 4) is 0 Å². The van der Waals surface area contributed by atoms with Crippen LogP contribution in [0.4, 0.5) is 0 Å². The van der Waals surface area contributed by atoms with E-state index < -0.39 is 0 Å². The van der Waals surface area contributed by atoms with Crippen molar-refractivity contribution in [3.63, 3.8) is 0 Å². The van der Waals surface area contributed by atoms with Crippen molar-refractivity contribution >= 4 is 5.91 Å². The number of hydrogen-bond donors (Lipinski definition) is 3. The second-order valence-electron chi connectivity index (χ2n) is 5.40. The van der Waals surface area contributed by atoms with Crippen LogP contribution in [0.3, 0.4) is 0 Å². The van der Waals surface area contributed by atoms with E-state index in [-0.39, 0.29) is 24.5 Å². The number of benzene rings is 1. The normalized spacial score (nSPS) is 21.4. The number of carbonyl (C=O) groups is 1. The van der Waals surface area contributed by atoms with E-state index in [1.807, 2.05) is 24.3 Å². The van der Waals surface area contributed by atoms with Crippen molar-refractivity contribution in [1.82, 2.24) is 10.6 Å². The van der Waals surface area contributed by atoms with Gasteiger partial charge in [0.1, 0.15) is 0 Å². The van der Waals surface area contributed by atoms with Gasteiger partial charge in [0, 0.05) is 12.6 Å². The van der Waals surface area contributed by atoms with Crippen molar-refractivity contribution < 1.29 is 14.6 Å². The van der Waals surface area contributed by atoms with Crippen LogP contribution in [0.5, 0.6) is 0 Å². The minimum Gasteiger partial charge on any atom is -0.392 e. The van der Waals surface area contributed by atoms with E-state index in [0.717, 1.165) is 24.1 Å². The minimum atomic E-state index is -0.127. The Labute approximate surface area is 125 Å². The zero-order valence-electron chi connectivity index (χ0n) is 12.5. The molecule has 2 unspecified atom stereocenters. The molecule has 1 saturated heterocycles. The molecule has 1 aromatic carbocycles. The van der Waals surface area contributed by atoms with Crippen molar-refractivity contribution in [2.24, 2.45) is 5.92 Å². The molecule has 1 amide bonds. The van der Waals surface area contributed by atoms with Gasteiger partial charge in [0.15, 0.2) is 0 Å². The number of amides is 1. The zero-order valence-corrected chi connectivity index (χ0v) is 12.5. The van der Waals surface area contributed by atoms with E-state index in [4.69, 9.17) is 9.84 Å². The van der Waals surface area contributed by atoms with Gasteiger partial charge in [-0.25, -0.2) is 0 Å². The van der Waals surface area contributed by atoms with Gasteiger partial charge in [-0.2, -0.15) is 0 Å². The summed E-state index contributed by atoms with van der Waals surface area (Å²) in [7, 11) is 0. The van der Waals surface area contributed by atoms with Crippen LogP contribution in [0.1, 0.15) is 24.5 Å². The quantitative estimate of drug-likeness (QED) is 0.695. The Balaban J connectivity index is 1.85. The molecule has 0 radical (unpaired) electrons. The lowest BCUT2D eigenvalue weighted by Crippen LogP contribution is -2.44. The summed E-state index contributed by atoms with van der Waals surface area (Å²) in [6.45, 7) is 4.56. The SMILES string of the molecule is CCCNC1COCC1C(=O)NCc1cccc(CO)c1. The number of nitrogens with one attached hydrogen (secondary N) is 2. The summed E-state index contributed by atoms with van der Waals surface area (Å²) in [6.07, 6.45) is 1.04. The first-order valence-electron chi connectivity index (χ1n) is 7.52. The molecular weight excluding hydrogens is 268 g/mol. The number of carbonyl (C=O) groups excluding carboxylic acids is 1. The van der Waals surface area contributed by atoms with Crippen molar-refractivity contribution in [2.45, 2.75) is 32.5 Å². The Morgan fingerprint density at radius 3 is 2.95 bits per heavy atom. The molecule has 0 aromatic heterocycles. The molecule has 1 fully saturated rings. The fraction of sp³-hybridized carbons (Fsp3) is 0.562. The summed E-state index contributed by atoms with van der Waals surface area (Å²) in [5, 5.41) is 15.4. The second-order valence-corrected chi connectivity index (χ2v) is 5.40. The first kappa shape index (κ1) is 15.9. The van der Waals surface area contributed by atoms with Crippen LogP contribution >= 0.6 is 0 Å². The third-order valence-electron chi connectivity index (χ3n) is 3.71. The predicted molar refractivity (Wildman–Crippen MR) is 80.6 cm³/mol. The lowest BCUT2D eigenvalue weighted by Gasteiger charge is -2.18. The van der Waals surface area contributed by atoms with Crippen molar-refractivity contribution in [2.75, 3.05) is 19.8 Å². The van der Waals surface area contributed by atoms with Crippen LogP contribution in [0, 0.1) is 5.92 Å². The Morgan fingerprint density at radius 1 is 1.38 bits per heavy atom. The summed E-state index contributed by atoms with van der Waals surface area (Å²) in [6, 6.07) is 7.70. The highest BCUT2D eigenvalue weighted by atomic mass is 16.5. The van der Waals surface area contributed by atoms with Crippen molar-refractivity contribution in [1.29, 1.82) is 0 Å². The molecule has 1 aromatic rings. The smallest absolute Gasteiger partial charge is 0.227 e. The predicted octanol–water partition coefficient (Wildman–Crippen LogP) is 0.810. The van der Waals surface area contributed by atoms with Crippen LogP contribution in [-0.2, 0) is 22.7 Å². The molecule has 1 aliphatic heterocycles. The van der Waals surface area contributed by atoms with Gasteiger partial charge in [0.25, 0.3) is 0 Å². The highest BCUT2D eigenvalue weighted by Gasteiger charge is 2.33. The summed E-state index contributed by atoms with van der Waals surface area (Å²) in [5.41, 5.74) is 1.85. The molecule has 0 saturated carbocycles. The van der Waals surface area contributed by atoms with E-state index in [1.54, 1.807) is 0 Å². The lowest BCUT2D eigenvalue weighted by atomic mass is 10.0. The fourth-order valence-electron chi connectivity index (χ4n) is 2.50. The van der Waals surface area contributed by atoms with Crippen LogP contribution in [0.2, 0.25) is 0 Å². The Morgan fingerprint density at radius 2 is 2.19 bits per heavy atom. The van der Waals surface area contributed by atoms with Gasteiger partial charge in [0.05, 0.1) is 25.7 Å². The molecule has 5 nitrogen and oxygen atoms in total. The van der Waals surface area contributed by atoms with Gasteiger partial charge in [-0.1, -0.05) is 31.2 Å². The third-order valence-corrected chi connectivity index (χ3v) is 3.71. The molecule has 0 bridgehead atoms. The standard InChI is InChI=1S/C16H24N2O3/c1-2-6-17-15-11-21-10-14(15)16(20)18-8-12-4-3-5-13(7-12)9-19/h3-5,7,14-15,17,19H,2,6,8-11H2,1H3,(H,18,20). The van der Waals surface area contributed by atoms with E-state index >= 15 is 0 Å². The monoisotopic (exact) mass is 292 g/mol. The first-order chi connectivity index (χ1) is 10.2. The number of rotatable bonds is 7. The number of aliphatic hydroxyl groups excluding tert-OH is 1. The number of aliphatic hydroxyl groups is 1. The van der Waals surface area contributed by atoms with Crippen LogP contribution in [0.25, 0.3) is 0 Å². The molecule has 2 rings (SSSR count). The topological polar surface area (TPSA) is 70.6 Å². The summed E-state index contributed by atoms with van der Waals surface area (Å²) >= 11 is 0.